The monoisotopic (exact) mass is 855 g/mol. The van der Waals surface area contributed by atoms with E-state index < -0.39 is 0 Å². The first kappa shape index (κ1) is 38.2. The third-order valence-corrected chi connectivity index (χ3v) is 21.7. The third-order valence-electron chi connectivity index (χ3n) is 21.7. The molecule has 3 aromatic rings. The zero-order valence-electron chi connectivity index (χ0n) is 37.4. The van der Waals surface area contributed by atoms with Crippen molar-refractivity contribution in [3.8, 4) is 0 Å². The van der Waals surface area contributed by atoms with E-state index in [2.05, 4.69) is 111 Å². The molecule has 21 unspecified atom stereocenters. The summed E-state index contributed by atoms with van der Waals surface area (Å²) >= 11 is 0. The average Bonchev–Trinajstić information content (AvgIpc) is 3.36. The maximum Gasteiger partial charge on any atom is 0.226 e. The molecule has 0 bridgehead atoms. The molecule has 0 N–H and O–H groups in total. The quantitative estimate of drug-likeness (QED) is 0.264. The summed E-state index contributed by atoms with van der Waals surface area (Å²) in [6, 6.07) is 34.7. The van der Waals surface area contributed by atoms with Crippen LogP contribution in [-0.4, -0.2) is 91.7 Å². The van der Waals surface area contributed by atoms with Gasteiger partial charge in [-0.05, 0) is 110 Å². The van der Waals surface area contributed by atoms with Crippen LogP contribution in [0.15, 0.2) is 91.0 Å². The number of piperazine rings is 3. The van der Waals surface area contributed by atoms with Crippen LogP contribution in [0, 0.1) is 53.3 Å². The van der Waals surface area contributed by atoms with E-state index in [-0.39, 0.29) is 89.9 Å². The summed E-state index contributed by atoms with van der Waals surface area (Å²) in [6.45, 7) is 0. The molecule has 64 heavy (non-hydrogen) atoms. The molecule has 332 valence electrons. The Balaban J connectivity index is 1.03. The fourth-order valence-corrected chi connectivity index (χ4v) is 20.0. The summed E-state index contributed by atoms with van der Waals surface area (Å²) in [5, 5.41) is 0. The fourth-order valence-electron chi connectivity index (χ4n) is 20.0. The van der Waals surface area contributed by atoms with Gasteiger partial charge in [-0.2, -0.15) is 0 Å². The second-order valence-corrected chi connectivity index (χ2v) is 23.5. The van der Waals surface area contributed by atoms with Crippen LogP contribution in [0.3, 0.4) is 0 Å². The largest absolute Gasteiger partial charge is 0.332 e. The molecule has 21 atom stereocenters. The molecule has 7 nitrogen and oxygen atoms in total. The predicted molar refractivity (Wildman–Crippen MR) is 245 cm³/mol. The van der Waals surface area contributed by atoms with E-state index in [4.69, 9.17) is 0 Å². The van der Waals surface area contributed by atoms with Crippen LogP contribution in [-0.2, 0) is 14.4 Å². The Hall–Kier alpha value is -3.97. The maximum absolute atomic E-state index is 16.1. The minimum atomic E-state index is 0.0110. The second-order valence-electron chi connectivity index (χ2n) is 23.5. The van der Waals surface area contributed by atoms with Crippen LogP contribution in [0.4, 0.5) is 0 Å². The summed E-state index contributed by atoms with van der Waals surface area (Å²) < 4.78 is 0. The SMILES string of the molecule is O=C1C2CCCCC2C2CC(c3ccccc3)C3C4C2N1C1C(c2ccccc2)CC2C5CCCCC5C(=O)N5C6C(c7ccccc7)CC7C8CCCCC8C(=O)N3C7C6N4C1C25. The standard InChI is InChI=1S/C57H66N4O3/c62-55-38-26-14-11-23-35(38)44-29-41(32-18-6-2-7-19-32)47-53-50(44)59(55)46-40(31-16-4-1-5-17-31)28-43-34-22-10-13-25-37(34)56(63)60-48-42(33-20-8-3-9-21-33)30-45-36-24-12-15-27-39(36)57(64)61(47)51(45)54(48)58(53)52(46)49(43)60/h1-9,16-21,34-54H,10-15,22-30H2. The van der Waals surface area contributed by atoms with Crippen LogP contribution >= 0.6 is 0 Å². The van der Waals surface area contributed by atoms with Gasteiger partial charge in [0.05, 0.1) is 54.4 Å². The summed E-state index contributed by atoms with van der Waals surface area (Å²) in [5.74, 6) is 4.51. The smallest absolute Gasteiger partial charge is 0.226 e. The minimum Gasteiger partial charge on any atom is -0.332 e. The molecule has 12 fully saturated rings. The van der Waals surface area contributed by atoms with Crippen LogP contribution in [0.5, 0.6) is 0 Å². The van der Waals surface area contributed by atoms with Crippen LogP contribution in [0.25, 0.3) is 0 Å². The molecule has 3 amide bonds. The van der Waals surface area contributed by atoms with Gasteiger partial charge in [-0.3, -0.25) is 19.3 Å². The van der Waals surface area contributed by atoms with Crippen molar-refractivity contribution in [2.75, 3.05) is 0 Å². The topological polar surface area (TPSA) is 64.2 Å². The lowest BCUT2D eigenvalue weighted by Gasteiger charge is -2.81. The molecule has 0 spiro atoms. The number of carbonyl (C=O) groups excluding carboxylic acids is 3. The van der Waals surface area contributed by atoms with Crippen LogP contribution in [0.2, 0.25) is 0 Å². The predicted octanol–water partition coefficient (Wildman–Crippen LogP) is 9.00. The molecule has 6 aliphatic heterocycles. The van der Waals surface area contributed by atoms with E-state index >= 15 is 14.4 Å². The number of rotatable bonds is 3. The van der Waals surface area contributed by atoms with Crippen molar-refractivity contribution < 1.29 is 14.4 Å². The van der Waals surface area contributed by atoms with Crippen molar-refractivity contribution in [1.29, 1.82) is 0 Å². The van der Waals surface area contributed by atoms with E-state index in [0.29, 0.717) is 53.2 Å². The number of fused-ring (bicyclic) bond motifs is 9. The average molecular weight is 855 g/mol. The summed E-state index contributed by atoms with van der Waals surface area (Å²) in [5.41, 5.74) is 4.19. The number of hydrogen-bond donors (Lipinski definition) is 0. The molecule has 3 aromatic carbocycles. The molecule has 6 aliphatic carbocycles. The Morgan fingerprint density at radius 3 is 0.875 bits per heavy atom. The lowest BCUT2D eigenvalue weighted by Crippen LogP contribution is -2.95. The first-order valence-electron chi connectivity index (χ1n) is 26.5. The maximum atomic E-state index is 16.1. The fraction of sp³-hybridized carbons (Fsp3) is 0.632. The Kier molecular flexibility index (Phi) is 8.37. The Labute approximate surface area is 379 Å². The molecule has 6 saturated heterocycles. The molecule has 7 heteroatoms. The molecule has 6 heterocycles. The molecule has 12 aliphatic rings. The Bertz CT molecular complexity index is 2100. The van der Waals surface area contributed by atoms with Crippen LogP contribution in [0.1, 0.15) is 131 Å². The summed E-state index contributed by atoms with van der Waals surface area (Å²) in [7, 11) is 0. The van der Waals surface area contributed by atoms with E-state index in [1.807, 2.05) is 0 Å². The Morgan fingerprint density at radius 1 is 0.297 bits per heavy atom. The minimum absolute atomic E-state index is 0.0110. The highest BCUT2D eigenvalue weighted by atomic mass is 16.2. The highest BCUT2D eigenvalue weighted by Gasteiger charge is 2.78. The van der Waals surface area contributed by atoms with Crippen molar-refractivity contribution in [2.24, 2.45) is 53.3 Å². The normalized spacial score (nSPS) is 48.1. The van der Waals surface area contributed by atoms with E-state index in [1.54, 1.807) is 0 Å². The first-order valence-corrected chi connectivity index (χ1v) is 26.5. The third kappa shape index (κ3) is 4.86. The van der Waals surface area contributed by atoms with E-state index in [9.17, 15) is 0 Å². The van der Waals surface area contributed by atoms with Gasteiger partial charge >= 0.3 is 0 Å². The van der Waals surface area contributed by atoms with Gasteiger partial charge in [0.2, 0.25) is 17.7 Å². The zero-order valence-corrected chi connectivity index (χ0v) is 37.4. The summed E-state index contributed by atoms with van der Waals surface area (Å²) in [4.78, 5) is 59.4. The number of benzene rings is 3. The second kappa shape index (κ2) is 14.0. The van der Waals surface area contributed by atoms with Gasteiger partial charge in [-0.25, -0.2) is 0 Å². The van der Waals surface area contributed by atoms with Gasteiger partial charge in [-0.1, -0.05) is 130 Å². The number of nitrogens with zero attached hydrogens (tertiary/aromatic N) is 4. The molecular formula is C57H66N4O3. The number of amides is 3. The van der Waals surface area contributed by atoms with Gasteiger partial charge < -0.3 is 14.7 Å². The van der Waals surface area contributed by atoms with Gasteiger partial charge in [0.15, 0.2) is 0 Å². The number of piperidine rings is 3. The van der Waals surface area contributed by atoms with Crippen LogP contribution < -0.4 is 0 Å². The summed E-state index contributed by atoms with van der Waals surface area (Å²) in [6.07, 6.45) is 16.7. The van der Waals surface area contributed by atoms with Crippen molar-refractivity contribution in [2.45, 2.75) is 168 Å². The van der Waals surface area contributed by atoms with Gasteiger partial charge in [0.25, 0.3) is 0 Å². The molecular weight excluding hydrogens is 789 g/mol. The molecule has 6 saturated carbocycles. The number of hydrogen-bond acceptors (Lipinski definition) is 4. The van der Waals surface area contributed by atoms with Gasteiger partial charge in [0, 0.05) is 35.5 Å². The highest BCUT2D eigenvalue weighted by Crippen LogP contribution is 2.68. The number of carbonyl (C=O) groups is 3. The molecule has 0 aromatic heterocycles. The highest BCUT2D eigenvalue weighted by molar-refractivity contribution is 5.85. The Morgan fingerprint density at radius 2 is 0.578 bits per heavy atom. The van der Waals surface area contributed by atoms with Crippen molar-refractivity contribution in [3.63, 3.8) is 0 Å². The van der Waals surface area contributed by atoms with Crippen molar-refractivity contribution in [3.05, 3.63) is 108 Å². The van der Waals surface area contributed by atoms with Gasteiger partial charge in [0.1, 0.15) is 0 Å². The van der Waals surface area contributed by atoms with E-state index in [1.165, 1.54) is 36.0 Å². The van der Waals surface area contributed by atoms with Gasteiger partial charge in [-0.15, -0.1) is 0 Å². The molecule has 0 radical (unpaired) electrons. The lowest BCUT2D eigenvalue weighted by atomic mass is 9.47. The molecule has 15 rings (SSSR count). The van der Waals surface area contributed by atoms with Crippen molar-refractivity contribution >= 4 is 17.7 Å². The first-order chi connectivity index (χ1) is 31.6. The zero-order chi connectivity index (χ0) is 42.1. The van der Waals surface area contributed by atoms with E-state index in [0.717, 1.165) is 77.0 Å². The lowest BCUT2D eigenvalue weighted by molar-refractivity contribution is -0.290. The van der Waals surface area contributed by atoms with Crippen molar-refractivity contribution in [1.82, 2.24) is 19.6 Å².